The van der Waals surface area contributed by atoms with Crippen LogP contribution in [-0.2, 0) is 18.0 Å². The highest BCUT2D eigenvalue weighted by molar-refractivity contribution is 6.42. The molecule has 178 valence electrons. The van der Waals surface area contributed by atoms with E-state index in [1.807, 2.05) is 55.5 Å². The van der Waals surface area contributed by atoms with E-state index in [4.69, 9.17) is 18.9 Å². The zero-order chi connectivity index (χ0) is 24.3. The molecule has 0 fully saturated rings. The number of nitrogens with one attached hydrogen (secondary N) is 1. The molecule has 7 nitrogen and oxygen atoms in total. The Hall–Kier alpha value is -4.00. The predicted octanol–water partition coefficient (Wildman–Crippen LogP) is 4.57. The number of carbonyl (C=O) groups excluding carboxylic acids is 2. The first kappa shape index (κ1) is 24.6. The van der Waals surface area contributed by atoms with E-state index in [0.717, 1.165) is 29.0 Å². The molecular formula is C27H29NO6. The summed E-state index contributed by atoms with van der Waals surface area (Å²) in [5.74, 6) is 1.09. The number of Topliss-reactive ketones (excluding diaryl/α,β-unsaturated/α-hetero) is 1. The van der Waals surface area contributed by atoms with Gasteiger partial charge in [-0.25, -0.2) is 0 Å². The summed E-state index contributed by atoms with van der Waals surface area (Å²) in [5, 5.41) is 2.61. The summed E-state index contributed by atoms with van der Waals surface area (Å²) < 4.78 is 22.4. The van der Waals surface area contributed by atoms with Crippen LogP contribution < -0.4 is 24.3 Å². The standard InChI is InChI=1S/C27H29NO6/c1-4-15-28-27(30)26(29)21-9-14-24(33-17-19-5-10-22(31-2)11-6-19)25(16-21)34-18-20-7-12-23(32-3)13-8-20/h5-14,16H,4,15,17-18H2,1-3H3,(H,28,30). The van der Waals surface area contributed by atoms with Crippen LogP contribution in [0.2, 0.25) is 0 Å². The van der Waals surface area contributed by atoms with E-state index >= 15 is 0 Å². The van der Waals surface area contributed by atoms with Gasteiger partial charge in [-0.2, -0.15) is 0 Å². The average molecular weight is 464 g/mol. The van der Waals surface area contributed by atoms with Crippen molar-refractivity contribution in [1.29, 1.82) is 0 Å². The minimum atomic E-state index is -0.644. The second-order valence-corrected chi connectivity index (χ2v) is 7.52. The number of amides is 1. The van der Waals surface area contributed by atoms with Gasteiger partial charge in [0.25, 0.3) is 5.91 Å². The van der Waals surface area contributed by atoms with Crippen molar-refractivity contribution in [2.45, 2.75) is 26.6 Å². The predicted molar refractivity (Wildman–Crippen MR) is 129 cm³/mol. The van der Waals surface area contributed by atoms with E-state index in [0.29, 0.717) is 24.7 Å². The molecule has 0 aliphatic carbocycles. The first-order valence-electron chi connectivity index (χ1n) is 11.0. The van der Waals surface area contributed by atoms with E-state index < -0.39 is 11.7 Å². The largest absolute Gasteiger partial charge is 0.497 e. The second-order valence-electron chi connectivity index (χ2n) is 7.52. The monoisotopic (exact) mass is 463 g/mol. The van der Waals surface area contributed by atoms with Crippen LogP contribution in [0.15, 0.2) is 66.7 Å². The third-order valence-corrected chi connectivity index (χ3v) is 5.05. The fourth-order valence-corrected chi connectivity index (χ4v) is 3.10. The highest BCUT2D eigenvalue weighted by Gasteiger charge is 2.18. The number of methoxy groups -OCH3 is 2. The van der Waals surface area contributed by atoms with Crippen LogP contribution in [-0.4, -0.2) is 32.5 Å². The maximum absolute atomic E-state index is 12.6. The average Bonchev–Trinajstić information content (AvgIpc) is 2.89. The van der Waals surface area contributed by atoms with Gasteiger partial charge < -0.3 is 24.3 Å². The molecule has 0 saturated carbocycles. The van der Waals surface area contributed by atoms with Crippen molar-refractivity contribution in [3.8, 4) is 23.0 Å². The number of hydrogen-bond acceptors (Lipinski definition) is 6. The Morgan fingerprint density at radius 3 is 1.76 bits per heavy atom. The SMILES string of the molecule is CCCNC(=O)C(=O)c1ccc(OCc2ccc(OC)cc2)c(OCc2ccc(OC)cc2)c1. The molecule has 0 aliphatic rings. The van der Waals surface area contributed by atoms with Gasteiger partial charge in [0.2, 0.25) is 5.78 Å². The lowest BCUT2D eigenvalue weighted by molar-refractivity contribution is -0.117. The maximum atomic E-state index is 12.6. The van der Waals surface area contributed by atoms with Crippen molar-refractivity contribution in [3.63, 3.8) is 0 Å². The van der Waals surface area contributed by atoms with Gasteiger partial charge in [0.1, 0.15) is 24.7 Å². The summed E-state index contributed by atoms with van der Waals surface area (Å²) in [5.41, 5.74) is 2.09. The minimum Gasteiger partial charge on any atom is -0.497 e. The van der Waals surface area contributed by atoms with Crippen LogP contribution in [0.25, 0.3) is 0 Å². The van der Waals surface area contributed by atoms with Crippen molar-refractivity contribution in [3.05, 3.63) is 83.4 Å². The summed E-state index contributed by atoms with van der Waals surface area (Å²) in [6.07, 6.45) is 0.743. The smallest absolute Gasteiger partial charge is 0.292 e. The molecule has 7 heteroatoms. The minimum absolute atomic E-state index is 0.232. The molecule has 3 rings (SSSR count). The summed E-state index contributed by atoms with van der Waals surface area (Å²) in [4.78, 5) is 24.7. The van der Waals surface area contributed by atoms with Crippen molar-refractivity contribution in [2.24, 2.45) is 0 Å². The molecule has 0 unspecified atom stereocenters. The van der Waals surface area contributed by atoms with Crippen LogP contribution in [0.5, 0.6) is 23.0 Å². The first-order chi connectivity index (χ1) is 16.5. The molecular weight excluding hydrogens is 434 g/mol. The Morgan fingerprint density at radius 2 is 1.26 bits per heavy atom. The molecule has 0 atom stereocenters. The van der Waals surface area contributed by atoms with Crippen LogP contribution in [0, 0.1) is 0 Å². The normalized spacial score (nSPS) is 10.3. The summed E-state index contributed by atoms with van der Waals surface area (Å²) >= 11 is 0. The van der Waals surface area contributed by atoms with Crippen LogP contribution >= 0.6 is 0 Å². The lowest BCUT2D eigenvalue weighted by Crippen LogP contribution is -2.31. The molecule has 0 aromatic heterocycles. The van der Waals surface area contributed by atoms with Gasteiger partial charge in [-0.3, -0.25) is 9.59 Å². The number of hydrogen-bond donors (Lipinski definition) is 1. The van der Waals surface area contributed by atoms with Crippen LogP contribution in [0.3, 0.4) is 0 Å². The molecule has 0 saturated heterocycles. The second kappa shape index (κ2) is 12.3. The highest BCUT2D eigenvalue weighted by atomic mass is 16.5. The lowest BCUT2D eigenvalue weighted by Gasteiger charge is -2.15. The molecule has 0 aliphatic heterocycles. The Labute approximate surface area is 199 Å². The van der Waals surface area contributed by atoms with Crippen molar-refractivity contribution < 1.29 is 28.5 Å². The molecule has 3 aromatic rings. The van der Waals surface area contributed by atoms with Crippen LogP contribution in [0.1, 0.15) is 34.8 Å². The van der Waals surface area contributed by atoms with E-state index in [1.165, 1.54) is 0 Å². The zero-order valence-electron chi connectivity index (χ0n) is 19.6. The van der Waals surface area contributed by atoms with E-state index in [-0.39, 0.29) is 12.2 Å². The number of benzene rings is 3. The Morgan fingerprint density at radius 1 is 0.735 bits per heavy atom. The zero-order valence-corrected chi connectivity index (χ0v) is 19.6. The van der Waals surface area contributed by atoms with Gasteiger partial charge in [0, 0.05) is 12.1 Å². The molecule has 0 bridgehead atoms. The number of ketones is 1. The Kier molecular flexibility index (Phi) is 8.91. The number of carbonyl (C=O) groups is 2. The Bertz CT molecular complexity index is 1090. The van der Waals surface area contributed by atoms with Crippen molar-refractivity contribution >= 4 is 11.7 Å². The summed E-state index contributed by atoms with van der Waals surface area (Å²) in [6, 6.07) is 19.8. The molecule has 0 heterocycles. The van der Waals surface area contributed by atoms with Gasteiger partial charge in [-0.1, -0.05) is 31.2 Å². The first-order valence-corrected chi connectivity index (χ1v) is 11.0. The van der Waals surface area contributed by atoms with Crippen molar-refractivity contribution in [1.82, 2.24) is 5.32 Å². The van der Waals surface area contributed by atoms with Gasteiger partial charge in [0.15, 0.2) is 11.5 Å². The molecule has 1 N–H and O–H groups in total. The number of ether oxygens (including phenoxy) is 4. The van der Waals surface area contributed by atoms with E-state index in [9.17, 15) is 9.59 Å². The fraction of sp³-hybridized carbons (Fsp3) is 0.259. The molecule has 0 radical (unpaired) electrons. The lowest BCUT2D eigenvalue weighted by atomic mass is 10.1. The fourth-order valence-electron chi connectivity index (χ4n) is 3.10. The van der Waals surface area contributed by atoms with E-state index in [2.05, 4.69) is 5.32 Å². The molecule has 34 heavy (non-hydrogen) atoms. The van der Waals surface area contributed by atoms with Crippen LogP contribution in [0.4, 0.5) is 0 Å². The summed E-state index contributed by atoms with van der Waals surface area (Å²) in [7, 11) is 3.22. The molecule has 1 amide bonds. The summed E-state index contributed by atoms with van der Waals surface area (Å²) in [6.45, 7) is 2.91. The maximum Gasteiger partial charge on any atom is 0.292 e. The van der Waals surface area contributed by atoms with E-state index in [1.54, 1.807) is 32.4 Å². The van der Waals surface area contributed by atoms with Gasteiger partial charge >= 0.3 is 0 Å². The third kappa shape index (κ3) is 6.75. The quantitative estimate of drug-likeness (QED) is 0.313. The third-order valence-electron chi connectivity index (χ3n) is 5.05. The molecule has 0 spiro atoms. The molecule has 3 aromatic carbocycles. The number of rotatable bonds is 12. The van der Waals surface area contributed by atoms with Gasteiger partial charge in [-0.15, -0.1) is 0 Å². The highest BCUT2D eigenvalue weighted by Crippen LogP contribution is 2.31. The Balaban J connectivity index is 1.78. The van der Waals surface area contributed by atoms with Crippen molar-refractivity contribution in [2.75, 3.05) is 20.8 Å². The van der Waals surface area contributed by atoms with Gasteiger partial charge in [0.05, 0.1) is 14.2 Å². The van der Waals surface area contributed by atoms with Gasteiger partial charge in [-0.05, 0) is 60.0 Å². The topological polar surface area (TPSA) is 83.1 Å².